The van der Waals surface area contributed by atoms with Crippen LogP contribution in [-0.4, -0.2) is 15.6 Å². The molecule has 1 aromatic carbocycles. The van der Waals surface area contributed by atoms with Crippen molar-refractivity contribution < 1.29 is 0 Å². The predicted molar refractivity (Wildman–Crippen MR) is 85.2 cm³/mol. The van der Waals surface area contributed by atoms with Gasteiger partial charge in [-0.15, -0.1) is 11.8 Å². The van der Waals surface area contributed by atoms with Crippen LogP contribution in [0.2, 0.25) is 0 Å². The molecule has 3 rings (SSSR count). The molecule has 2 aromatic heterocycles. The lowest BCUT2D eigenvalue weighted by molar-refractivity contribution is 0.908. The standard InChI is InChI=1S/C16H17N3S/c1-20-15-11-14-13(18-9-10-19(14)16(15)17)8-7-12-5-3-2-4-6-12/h2-6,9-11H,7-8,17H2,1H3. The van der Waals surface area contributed by atoms with Gasteiger partial charge in [0.25, 0.3) is 0 Å². The van der Waals surface area contributed by atoms with E-state index in [0.29, 0.717) is 0 Å². The summed E-state index contributed by atoms with van der Waals surface area (Å²) in [6.45, 7) is 0. The zero-order chi connectivity index (χ0) is 13.9. The number of fused-ring (bicyclic) bond motifs is 1. The number of anilines is 1. The molecule has 0 radical (unpaired) electrons. The molecule has 3 nitrogen and oxygen atoms in total. The highest BCUT2D eigenvalue weighted by molar-refractivity contribution is 7.98. The van der Waals surface area contributed by atoms with Crippen LogP contribution in [0.5, 0.6) is 0 Å². The van der Waals surface area contributed by atoms with Crippen LogP contribution in [0.15, 0.2) is 53.7 Å². The van der Waals surface area contributed by atoms with Crippen molar-refractivity contribution in [1.82, 2.24) is 9.38 Å². The number of thioether (sulfide) groups is 1. The van der Waals surface area contributed by atoms with E-state index in [9.17, 15) is 0 Å². The van der Waals surface area contributed by atoms with E-state index in [2.05, 4.69) is 35.3 Å². The zero-order valence-corrected chi connectivity index (χ0v) is 12.2. The summed E-state index contributed by atoms with van der Waals surface area (Å²) >= 11 is 1.67. The maximum absolute atomic E-state index is 6.14. The van der Waals surface area contributed by atoms with Gasteiger partial charge in [-0.1, -0.05) is 30.3 Å². The smallest absolute Gasteiger partial charge is 0.121 e. The normalized spacial score (nSPS) is 11.1. The van der Waals surface area contributed by atoms with Crippen molar-refractivity contribution in [1.29, 1.82) is 0 Å². The van der Waals surface area contributed by atoms with Gasteiger partial charge in [0.1, 0.15) is 5.82 Å². The Hall–Kier alpha value is -1.94. The van der Waals surface area contributed by atoms with Gasteiger partial charge >= 0.3 is 0 Å². The van der Waals surface area contributed by atoms with Gasteiger partial charge in [-0.25, -0.2) is 0 Å². The number of nitrogens with zero attached hydrogens (tertiary/aromatic N) is 2. The van der Waals surface area contributed by atoms with Gasteiger partial charge in [-0.05, 0) is 30.7 Å². The Morgan fingerprint density at radius 1 is 1.20 bits per heavy atom. The minimum absolute atomic E-state index is 0.802. The zero-order valence-electron chi connectivity index (χ0n) is 11.4. The Morgan fingerprint density at radius 3 is 2.75 bits per heavy atom. The third-order valence-corrected chi connectivity index (χ3v) is 4.26. The Bertz CT molecular complexity index is 719. The molecule has 0 aliphatic carbocycles. The average Bonchev–Trinajstić information content (AvgIpc) is 2.83. The molecule has 3 aromatic rings. The summed E-state index contributed by atoms with van der Waals surface area (Å²) in [5.41, 5.74) is 9.69. The van der Waals surface area contributed by atoms with Gasteiger partial charge in [0.05, 0.1) is 11.2 Å². The highest BCUT2D eigenvalue weighted by atomic mass is 32.2. The first-order chi connectivity index (χ1) is 9.79. The number of rotatable bonds is 4. The molecule has 0 aliphatic heterocycles. The van der Waals surface area contributed by atoms with Crippen LogP contribution in [-0.2, 0) is 12.8 Å². The molecule has 0 aliphatic rings. The van der Waals surface area contributed by atoms with E-state index in [-0.39, 0.29) is 0 Å². The minimum atomic E-state index is 0.802. The average molecular weight is 283 g/mol. The second-order valence-corrected chi connectivity index (χ2v) is 5.56. The fraction of sp³-hybridized carbons (Fsp3) is 0.188. The van der Waals surface area contributed by atoms with Gasteiger partial charge in [-0.2, -0.15) is 0 Å². The molecule has 2 heterocycles. The van der Waals surface area contributed by atoms with Gasteiger partial charge in [0, 0.05) is 17.3 Å². The third-order valence-electron chi connectivity index (χ3n) is 3.49. The Balaban J connectivity index is 1.92. The number of hydrogen-bond donors (Lipinski definition) is 1. The molecule has 102 valence electrons. The van der Waals surface area contributed by atoms with E-state index in [1.165, 1.54) is 5.56 Å². The van der Waals surface area contributed by atoms with Crippen molar-refractivity contribution in [2.75, 3.05) is 12.0 Å². The van der Waals surface area contributed by atoms with Gasteiger partial charge in [0.2, 0.25) is 0 Å². The van der Waals surface area contributed by atoms with E-state index in [0.717, 1.165) is 34.8 Å². The van der Waals surface area contributed by atoms with Crippen LogP contribution in [0.25, 0.3) is 5.52 Å². The summed E-state index contributed by atoms with van der Waals surface area (Å²) in [7, 11) is 0. The van der Waals surface area contributed by atoms with Crippen LogP contribution in [0.4, 0.5) is 5.82 Å². The lowest BCUT2D eigenvalue weighted by Crippen LogP contribution is -2.00. The summed E-state index contributed by atoms with van der Waals surface area (Å²) < 4.78 is 2.03. The number of hydrogen-bond acceptors (Lipinski definition) is 3. The second kappa shape index (κ2) is 5.59. The summed E-state index contributed by atoms with van der Waals surface area (Å²) in [6, 6.07) is 12.6. The molecule has 4 heteroatoms. The molecule has 0 saturated heterocycles. The maximum atomic E-state index is 6.14. The molecule has 0 amide bonds. The van der Waals surface area contributed by atoms with E-state index in [1.54, 1.807) is 11.8 Å². The molecule has 0 atom stereocenters. The largest absolute Gasteiger partial charge is 0.384 e. The Labute approximate surface area is 122 Å². The van der Waals surface area contributed by atoms with E-state index < -0.39 is 0 Å². The molecular formula is C16H17N3S. The Kier molecular flexibility index (Phi) is 3.65. The molecular weight excluding hydrogens is 266 g/mol. The molecule has 0 fully saturated rings. The SMILES string of the molecule is CSc1cc2c(CCc3ccccc3)nccn2c1N. The number of benzene rings is 1. The van der Waals surface area contributed by atoms with Gasteiger partial charge in [0.15, 0.2) is 0 Å². The number of aromatic nitrogens is 2. The fourth-order valence-corrected chi connectivity index (χ4v) is 2.96. The molecule has 0 spiro atoms. The van der Waals surface area contributed by atoms with Crippen LogP contribution in [0.1, 0.15) is 11.3 Å². The van der Waals surface area contributed by atoms with Crippen LogP contribution >= 0.6 is 11.8 Å². The van der Waals surface area contributed by atoms with E-state index in [1.807, 2.05) is 29.1 Å². The highest BCUT2D eigenvalue weighted by Crippen LogP contribution is 2.28. The first-order valence-electron chi connectivity index (χ1n) is 6.62. The topological polar surface area (TPSA) is 43.3 Å². The third kappa shape index (κ3) is 2.39. The first kappa shape index (κ1) is 13.1. The number of nitrogen functional groups attached to an aromatic ring is 1. The van der Waals surface area contributed by atoms with E-state index in [4.69, 9.17) is 5.73 Å². The maximum Gasteiger partial charge on any atom is 0.121 e. The molecule has 0 saturated carbocycles. The lowest BCUT2D eigenvalue weighted by atomic mass is 10.1. The lowest BCUT2D eigenvalue weighted by Gasteiger charge is -2.05. The van der Waals surface area contributed by atoms with Crippen molar-refractivity contribution in [2.24, 2.45) is 0 Å². The Morgan fingerprint density at radius 2 is 2.00 bits per heavy atom. The van der Waals surface area contributed by atoms with Crippen LogP contribution in [0, 0.1) is 0 Å². The van der Waals surface area contributed by atoms with Crippen molar-refractivity contribution in [3.05, 3.63) is 60.0 Å². The summed E-state index contributed by atoms with van der Waals surface area (Å²) in [5.74, 6) is 0.802. The fourth-order valence-electron chi connectivity index (χ4n) is 2.42. The predicted octanol–water partition coefficient (Wildman–Crippen LogP) is 3.42. The van der Waals surface area contributed by atoms with Crippen LogP contribution < -0.4 is 5.73 Å². The van der Waals surface area contributed by atoms with E-state index >= 15 is 0 Å². The molecule has 20 heavy (non-hydrogen) atoms. The molecule has 0 bridgehead atoms. The molecule has 2 N–H and O–H groups in total. The minimum Gasteiger partial charge on any atom is -0.384 e. The highest BCUT2D eigenvalue weighted by Gasteiger charge is 2.10. The summed E-state index contributed by atoms with van der Waals surface area (Å²) in [6.07, 6.45) is 7.71. The van der Waals surface area contributed by atoms with Gasteiger partial charge in [-0.3, -0.25) is 9.38 Å². The first-order valence-corrected chi connectivity index (χ1v) is 7.84. The quantitative estimate of drug-likeness (QED) is 0.746. The van der Waals surface area contributed by atoms with Crippen molar-refractivity contribution in [3.63, 3.8) is 0 Å². The summed E-state index contributed by atoms with van der Waals surface area (Å²) in [5, 5.41) is 0. The van der Waals surface area contributed by atoms with Crippen molar-refractivity contribution >= 4 is 23.1 Å². The number of aryl methyl sites for hydroxylation is 2. The monoisotopic (exact) mass is 283 g/mol. The van der Waals surface area contributed by atoms with Crippen molar-refractivity contribution in [2.45, 2.75) is 17.7 Å². The van der Waals surface area contributed by atoms with Crippen LogP contribution in [0.3, 0.4) is 0 Å². The second-order valence-electron chi connectivity index (χ2n) is 4.71. The number of nitrogens with two attached hydrogens (primary N) is 1. The summed E-state index contributed by atoms with van der Waals surface area (Å²) in [4.78, 5) is 5.64. The van der Waals surface area contributed by atoms with Gasteiger partial charge < -0.3 is 5.73 Å². The van der Waals surface area contributed by atoms with Crippen molar-refractivity contribution in [3.8, 4) is 0 Å². The molecule has 0 unspecified atom stereocenters.